The van der Waals surface area contributed by atoms with Crippen molar-refractivity contribution in [2.24, 2.45) is 0 Å². The highest BCUT2D eigenvalue weighted by molar-refractivity contribution is 8.00. The smallest absolute Gasteiger partial charge is 0.263 e. The van der Waals surface area contributed by atoms with Crippen molar-refractivity contribution in [3.05, 3.63) is 48.0 Å². The number of hydrazine groups is 1. The number of fused-ring (bicyclic) bond motifs is 1. The Morgan fingerprint density at radius 3 is 2.79 bits per heavy atom. The molecule has 2 aromatic rings. The van der Waals surface area contributed by atoms with Gasteiger partial charge in [0.2, 0.25) is 5.91 Å². The molecule has 1 aliphatic heterocycles. The number of carbonyl (C=O) groups is 2. The molecule has 1 heterocycles. The lowest BCUT2D eigenvalue weighted by atomic mass is 10.1. The first kappa shape index (κ1) is 20.4. The number of hydrogen-bond acceptors (Lipinski definition) is 5. The summed E-state index contributed by atoms with van der Waals surface area (Å²) in [5.74, 6) is 1.14. The van der Waals surface area contributed by atoms with E-state index in [1.807, 2.05) is 18.2 Å². The topological polar surface area (TPSA) is 67.9 Å². The van der Waals surface area contributed by atoms with Crippen molar-refractivity contribution in [1.29, 1.82) is 0 Å². The molecule has 2 amide bonds. The summed E-state index contributed by atoms with van der Waals surface area (Å²) in [4.78, 5) is 25.8. The average molecular weight is 421 g/mol. The van der Waals surface area contributed by atoms with Crippen LogP contribution in [0.2, 0.25) is 0 Å². The van der Waals surface area contributed by atoms with Crippen LogP contribution in [0.5, 0.6) is 11.5 Å². The Labute approximate surface area is 173 Å². The Hall–Kier alpha value is -2.38. The number of para-hydroxylation sites is 1. The van der Waals surface area contributed by atoms with Gasteiger partial charge in [-0.1, -0.05) is 12.1 Å². The van der Waals surface area contributed by atoms with Crippen LogP contribution in [0.3, 0.4) is 0 Å². The van der Waals surface area contributed by atoms with E-state index in [0.29, 0.717) is 41.7 Å². The highest BCUT2D eigenvalue weighted by Crippen LogP contribution is 2.48. The van der Waals surface area contributed by atoms with E-state index in [4.69, 9.17) is 21.1 Å². The van der Waals surface area contributed by atoms with E-state index in [2.05, 4.69) is 5.43 Å². The highest BCUT2D eigenvalue weighted by atomic mass is 35.5. The fraction of sp³-hybridized carbons (Fsp3) is 0.300. The van der Waals surface area contributed by atoms with Crippen LogP contribution >= 0.6 is 23.4 Å². The van der Waals surface area contributed by atoms with Crippen LogP contribution in [0, 0.1) is 0 Å². The summed E-state index contributed by atoms with van der Waals surface area (Å²) in [7, 11) is 1.57. The number of nitrogens with one attached hydrogen (secondary N) is 1. The number of hydrogen-bond donors (Lipinski definition) is 1. The van der Waals surface area contributed by atoms with Crippen LogP contribution in [0.15, 0.2) is 47.4 Å². The SMILES string of the molecule is COc1ccc(OCCCCl)c(C2Sc3ccccc3N(NC(C)=O)C2=O)c1. The largest absolute Gasteiger partial charge is 0.497 e. The monoisotopic (exact) mass is 420 g/mol. The predicted molar refractivity (Wildman–Crippen MR) is 110 cm³/mol. The Morgan fingerprint density at radius 2 is 2.07 bits per heavy atom. The molecule has 1 aliphatic rings. The van der Waals surface area contributed by atoms with Gasteiger partial charge in [-0.25, -0.2) is 5.01 Å². The van der Waals surface area contributed by atoms with Gasteiger partial charge >= 0.3 is 0 Å². The van der Waals surface area contributed by atoms with Gasteiger partial charge in [-0.3, -0.25) is 15.0 Å². The molecule has 8 heteroatoms. The Bertz CT molecular complexity index is 877. The van der Waals surface area contributed by atoms with E-state index in [-0.39, 0.29) is 11.8 Å². The fourth-order valence-corrected chi connectivity index (χ4v) is 4.17. The number of halogens is 1. The molecule has 0 spiro atoms. The Morgan fingerprint density at radius 1 is 1.29 bits per heavy atom. The molecule has 28 heavy (non-hydrogen) atoms. The standard InChI is InChI=1S/C20H21ClN2O4S/c1-13(24)22-23-16-6-3-4-7-18(16)28-19(20(23)25)15-12-14(26-2)8-9-17(15)27-11-5-10-21/h3-4,6-9,12,19H,5,10-11H2,1-2H3,(H,22,24). The normalized spacial score (nSPS) is 15.8. The second-order valence-electron chi connectivity index (χ2n) is 6.10. The van der Waals surface area contributed by atoms with Gasteiger partial charge in [-0.05, 0) is 36.8 Å². The van der Waals surface area contributed by atoms with Gasteiger partial charge in [0.15, 0.2) is 0 Å². The third kappa shape index (κ3) is 4.36. The molecule has 6 nitrogen and oxygen atoms in total. The lowest BCUT2D eigenvalue weighted by Gasteiger charge is -2.34. The molecule has 0 bridgehead atoms. The minimum Gasteiger partial charge on any atom is -0.497 e. The first-order valence-corrected chi connectivity index (χ1v) is 10.2. The molecule has 0 fully saturated rings. The molecule has 3 rings (SSSR count). The van der Waals surface area contributed by atoms with Crippen LogP contribution in [0.1, 0.15) is 24.2 Å². The molecule has 2 aromatic carbocycles. The molecular formula is C20H21ClN2O4S. The van der Waals surface area contributed by atoms with Gasteiger partial charge in [-0.2, -0.15) is 0 Å². The lowest BCUT2D eigenvalue weighted by Crippen LogP contribution is -2.49. The number of ether oxygens (including phenoxy) is 2. The summed E-state index contributed by atoms with van der Waals surface area (Å²) >= 11 is 7.16. The molecular weight excluding hydrogens is 400 g/mol. The highest BCUT2D eigenvalue weighted by Gasteiger charge is 2.37. The number of nitrogens with zero attached hydrogens (tertiary/aromatic N) is 1. The number of amides is 2. The van der Waals surface area contributed by atoms with Gasteiger partial charge in [0, 0.05) is 23.3 Å². The van der Waals surface area contributed by atoms with Gasteiger partial charge in [0.05, 0.1) is 19.4 Å². The van der Waals surface area contributed by atoms with Crippen LogP contribution in [0.4, 0.5) is 5.69 Å². The molecule has 1 atom stereocenters. The molecule has 0 aliphatic carbocycles. The molecule has 0 radical (unpaired) electrons. The second kappa shape index (κ2) is 9.21. The van der Waals surface area contributed by atoms with E-state index in [1.54, 1.807) is 31.4 Å². The first-order valence-electron chi connectivity index (χ1n) is 8.78. The maximum atomic E-state index is 13.3. The zero-order chi connectivity index (χ0) is 20.1. The molecule has 0 saturated heterocycles. The minimum atomic E-state index is -0.595. The number of benzene rings is 2. The molecule has 1 N–H and O–H groups in total. The maximum absolute atomic E-state index is 13.3. The number of anilines is 1. The van der Waals surface area contributed by atoms with Crippen molar-refractivity contribution in [2.75, 3.05) is 24.6 Å². The average Bonchev–Trinajstić information content (AvgIpc) is 2.70. The van der Waals surface area contributed by atoms with Gasteiger partial charge < -0.3 is 9.47 Å². The molecule has 1 unspecified atom stereocenters. The van der Waals surface area contributed by atoms with Crippen molar-refractivity contribution in [2.45, 2.75) is 23.5 Å². The van der Waals surface area contributed by atoms with Crippen molar-refractivity contribution in [3.8, 4) is 11.5 Å². The quantitative estimate of drug-likeness (QED) is 0.543. The molecule has 0 aromatic heterocycles. The van der Waals surface area contributed by atoms with Crippen LogP contribution in [-0.2, 0) is 9.59 Å². The maximum Gasteiger partial charge on any atom is 0.263 e. The number of thioether (sulfide) groups is 1. The third-order valence-electron chi connectivity index (χ3n) is 4.10. The van der Waals surface area contributed by atoms with E-state index in [0.717, 1.165) is 4.90 Å². The third-order valence-corrected chi connectivity index (χ3v) is 5.66. The zero-order valence-corrected chi connectivity index (χ0v) is 17.2. The van der Waals surface area contributed by atoms with E-state index < -0.39 is 5.25 Å². The van der Waals surface area contributed by atoms with Crippen molar-refractivity contribution in [3.63, 3.8) is 0 Å². The molecule has 0 saturated carbocycles. The Kier molecular flexibility index (Phi) is 6.70. The summed E-state index contributed by atoms with van der Waals surface area (Å²) in [6, 6.07) is 12.8. The second-order valence-corrected chi connectivity index (χ2v) is 7.63. The van der Waals surface area contributed by atoms with Crippen molar-refractivity contribution in [1.82, 2.24) is 5.43 Å². The summed E-state index contributed by atoms with van der Waals surface area (Å²) in [6.45, 7) is 1.82. The van der Waals surface area contributed by atoms with Gasteiger partial charge in [-0.15, -0.1) is 23.4 Å². The van der Waals surface area contributed by atoms with E-state index in [9.17, 15) is 9.59 Å². The van der Waals surface area contributed by atoms with Gasteiger partial charge in [0.25, 0.3) is 5.91 Å². The summed E-state index contributed by atoms with van der Waals surface area (Å²) < 4.78 is 11.2. The van der Waals surface area contributed by atoms with Crippen molar-refractivity contribution < 1.29 is 19.1 Å². The zero-order valence-electron chi connectivity index (χ0n) is 15.6. The summed E-state index contributed by atoms with van der Waals surface area (Å²) in [5, 5.41) is 0.712. The van der Waals surface area contributed by atoms with Crippen LogP contribution in [0.25, 0.3) is 0 Å². The number of carbonyl (C=O) groups excluding carboxylic acids is 2. The Balaban J connectivity index is 2.02. The lowest BCUT2D eigenvalue weighted by molar-refractivity contribution is -0.124. The van der Waals surface area contributed by atoms with Crippen LogP contribution < -0.4 is 19.9 Å². The minimum absolute atomic E-state index is 0.255. The predicted octanol–water partition coefficient (Wildman–Crippen LogP) is 3.93. The van der Waals surface area contributed by atoms with E-state index in [1.165, 1.54) is 23.7 Å². The number of rotatable bonds is 7. The fourth-order valence-electron chi connectivity index (χ4n) is 2.85. The van der Waals surface area contributed by atoms with Crippen LogP contribution in [-0.4, -0.2) is 31.4 Å². The van der Waals surface area contributed by atoms with E-state index >= 15 is 0 Å². The number of methoxy groups -OCH3 is 1. The molecule has 148 valence electrons. The first-order chi connectivity index (χ1) is 13.5. The van der Waals surface area contributed by atoms with Crippen molar-refractivity contribution >= 4 is 40.9 Å². The summed E-state index contributed by atoms with van der Waals surface area (Å²) in [6.07, 6.45) is 0.694. The number of alkyl halides is 1. The van der Waals surface area contributed by atoms with Gasteiger partial charge in [0.1, 0.15) is 16.7 Å². The summed E-state index contributed by atoms with van der Waals surface area (Å²) in [5.41, 5.74) is 3.97.